The largest absolute Gasteiger partial charge is 0.323 e. The first kappa shape index (κ1) is 15.8. The minimum atomic E-state index is -0.159. The molecule has 0 radical (unpaired) electrons. The first-order valence-corrected chi connectivity index (χ1v) is 8.40. The summed E-state index contributed by atoms with van der Waals surface area (Å²) in [7, 11) is 0. The van der Waals surface area contributed by atoms with Crippen LogP contribution in [0.5, 0.6) is 0 Å². The van der Waals surface area contributed by atoms with Gasteiger partial charge in [0.15, 0.2) is 0 Å². The van der Waals surface area contributed by atoms with Crippen LogP contribution >= 0.6 is 0 Å². The Morgan fingerprint density at radius 3 is 2.50 bits per heavy atom. The molecular weight excluding hydrogens is 250 g/mol. The minimum absolute atomic E-state index is 0.159. The molecule has 1 heterocycles. The Hall–Kier alpha value is -0.610. The zero-order valence-corrected chi connectivity index (χ0v) is 13.6. The van der Waals surface area contributed by atoms with Crippen molar-refractivity contribution < 1.29 is 4.79 Å². The Labute approximate surface area is 123 Å². The van der Waals surface area contributed by atoms with Crippen molar-refractivity contribution in [2.75, 3.05) is 19.6 Å². The van der Waals surface area contributed by atoms with E-state index in [0.29, 0.717) is 11.9 Å². The van der Waals surface area contributed by atoms with Crippen LogP contribution in [0, 0.1) is 0 Å². The molecule has 0 bridgehead atoms. The summed E-state index contributed by atoms with van der Waals surface area (Å²) in [5.41, 5.74) is -0.159. The highest BCUT2D eigenvalue weighted by molar-refractivity contribution is 5.92. The van der Waals surface area contributed by atoms with E-state index in [1.165, 1.54) is 6.42 Å². The lowest BCUT2D eigenvalue weighted by Crippen LogP contribution is -2.43. The third kappa shape index (κ3) is 3.01. The van der Waals surface area contributed by atoms with Gasteiger partial charge in [0.1, 0.15) is 0 Å². The monoisotopic (exact) mass is 281 g/mol. The molecule has 1 N–H and O–H groups in total. The predicted molar refractivity (Wildman–Crippen MR) is 82.5 cm³/mol. The van der Waals surface area contributed by atoms with Gasteiger partial charge in [0.2, 0.25) is 5.91 Å². The van der Waals surface area contributed by atoms with Crippen LogP contribution in [0.15, 0.2) is 0 Å². The van der Waals surface area contributed by atoms with Gasteiger partial charge in [0.05, 0.1) is 11.7 Å². The molecule has 1 spiro atoms. The number of amides is 1. The summed E-state index contributed by atoms with van der Waals surface area (Å²) in [6.45, 7) is 12.2. The third-order valence-corrected chi connectivity index (χ3v) is 5.02. The van der Waals surface area contributed by atoms with Gasteiger partial charge in [-0.2, -0.15) is 0 Å². The van der Waals surface area contributed by atoms with E-state index in [9.17, 15) is 4.79 Å². The van der Waals surface area contributed by atoms with Gasteiger partial charge in [-0.15, -0.1) is 0 Å². The standard InChI is InChI=1S/C16H31N3O/c1-5-14-17-16(10-11-16)15(20)19(14)13(4)9-8-12-18(6-2)7-3/h13-14,17H,5-12H2,1-4H3. The Kier molecular flexibility index (Phi) is 5.08. The van der Waals surface area contributed by atoms with Crippen LogP contribution in [-0.2, 0) is 4.79 Å². The Morgan fingerprint density at radius 2 is 2.00 bits per heavy atom. The van der Waals surface area contributed by atoms with E-state index in [1.807, 2.05) is 0 Å². The summed E-state index contributed by atoms with van der Waals surface area (Å²) < 4.78 is 0. The minimum Gasteiger partial charge on any atom is -0.323 e. The molecule has 1 aliphatic heterocycles. The second-order valence-corrected chi connectivity index (χ2v) is 6.38. The Bertz CT molecular complexity index is 337. The second-order valence-electron chi connectivity index (χ2n) is 6.38. The first-order chi connectivity index (χ1) is 9.57. The van der Waals surface area contributed by atoms with E-state index in [0.717, 1.165) is 45.3 Å². The van der Waals surface area contributed by atoms with Gasteiger partial charge < -0.3 is 9.80 Å². The van der Waals surface area contributed by atoms with Crippen LogP contribution in [0.3, 0.4) is 0 Å². The maximum absolute atomic E-state index is 12.6. The van der Waals surface area contributed by atoms with Gasteiger partial charge in [-0.1, -0.05) is 20.8 Å². The van der Waals surface area contributed by atoms with Gasteiger partial charge in [-0.05, 0) is 58.7 Å². The first-order valence-electron chi connectivity index (χ1n) is 8.40. The van der Waals surface area contributed by atoms with Crippen LogP contribution in [0.4, 0.5) is 0 Å². The molecule has 2 rings (SSSR count). The molecule has 0 aromatic heterocycles. The van der Waals surface area contributed by atoms with Crippen LogP contribution in [0.25, 0.3) is 0 Å². The Balaban J connectivity index is 1.84. The molecule has 1 amide bonds. The molecule has 2 aliphatic rings. The van der Waals surface area contributed by atoms with E-state index in [-0.39, 0.29) is 11.7 Å². The summed E-state index contributed by atoms with van der Waals surface area (Å²) >= 11 is 0. The lowest BCUT2D eigenvalue weighted by atomic mass is 10.1. The van der Waals surface area contributed by atoms with Crippen molar-refractivity contribution in [3.05, 3.63) is 0 Å². The molecule has 0 aromatic rings. The fourth-order valence-corrected chi connectivity index (χ4v) is 3.42. The topological polar surface area (TPSA) is 35.6 Å². The maximum atomic E-state index is 12.6. The Morgan fingerprint density at radius 1 is 1.35 bits per heavy atom. The summed E-state index contributed by atoms with van der Waals surface area (Å²) in [5, 5.41) is 3.56. The molecular formula is C16H31N3O. The van der Waals surface area contributed by atoms with Crippen molar-refractivity contribution in [1.82, 2.24) is 15.1 Å². The molecule has 1 aliphatic carbocycles. The smallest absolute Gasteiger partial charge is 0.244 e. The van der Waals surface area contributed by atoms with Crippen molar-refractivity contribution in [3.8, 4) is 0 Å². The van der Waals surface area contributed by atoms with E-state index < -0.39 is 0 Å². The van der Waals surface area contributed by atoms with Crippen LogP contribution in [0.1, 0.15) is 59.8 Å². The highest BCUT2D eigenvalue weighted by atomic mass is 16.2. The van der Waals surface area contributed by atoms with Crippen molar-refractivity contribution in [1.29, 1.82) is 0 Å². The van der Waals surface area contributed by atoms with E-state index in [4.69, 9.17) is 0 Å². The molecule has 1 saturated heterocycles. The fourth-order valence-electron chi connectivity index (χ4n) is 3.42. The fraction of sp³-hybridized carbons (Fsp3) is 0.938. The highest BCUT2D eigenvalue weighted by Crippen LogP contribution is 2.43. The molecule has 4 nitrogen and oxygen atoms in total. The van der Waals surface area contributed by atoms with Crippen molar-refractivity contribution in [2.24, 2.45) is 0 Å². The van der Waals surface area contributed by atoms with Gasteiger partial charge in [0.25, 0.3) is 0 Å². The zero-order valence-electron chi connectivity index (χ0n) is 13.6. The average Bonchev–Trinajstić information content (AvgIpc) is 3.17. The van der Waals surface area contributed by atoms with Crippen LogP contribution in [-0.4, -0.2) is 53.1 Å². The zero-order chi connectivity index (χ0) is 14.8. The van der Waals surface area contributed by atoms with E-state index in [2.05, 4.69) is 42.8 Å². The number of carbonyl (C=O) groups excluding carboxylic acids is 1. The molecule has 0 aromatic carbocycles. The number of nitrogens with one attached hydrogen (secondary N) is 1. The number of hydrogen-bond donors (Lipinski definition) is 1. The normalized spacial score (nSPS) is 25.8. The lowest BCUT2D eigenvalue weighted by Gasteiger charge is -2.30. The number of carbonyl (C=O) groups is 1. The lowest BCUT2D eigenvalue weighted by molar-refractivity contribution is -0.132. The maximum Gasteiger partial charge on any atom is 0.244 e. The van der Waals surface area contributed by atoms with Crippen molar-refractivity contribution in [3.63, 3.8) is 0 Å². The van der Waals surface area contributed by atoms with Crippen LogP contribution < -0.4 is 5.32 Å². The van der Waals surface area contributed by atoms with Crippen molar-refractivity contribution >= 4 is 5.91 Å². The van der Waals surface area contributed by atoms with E-state index >= 15 is 0 Å². The molecule has 1 saturated carbocycles. The van der Waals surface area contributed by atoms with Gasteiger partial charge in [0, 0.05) is 6.04 Å². The number of nitrogens with zero attached hydrogens (tertiary/aromatic N) is 2. The second kappa shape index (κ2) is 6.44. The number of rotatable bonds is 8. The van der Waals surface area contributed by atoms with Gasteiger partial charge in [-0.3, -0.25) is 10.1 Å². The molecule has 2 unspecified atom stereocenters. The molecule has 116 valence electrons. The number of hydrogen-bond acceptors (Lipinski definition) is 3. The van der Waals surface area contributed by atoms with Gasteiger partial charge >= 0.3 is 0 Å². The quantitative estimate of drug-likeness (QED) is 0.741. The highest BCUT2D eigenvalue weighted by Gasteiger charge is 2.59. The van der Waals surface area contributed by atoms with Crippen molar-refractivity contribution in [2.45, 2.75) is 77.5 Å². The van der Waals surface area contributed by atoms with Crippen LogP contribution in [0.2, 0.25) is 0 Å². The molecule has 4 heteroatoms. The predicted octanol–water partition coefficient (Wildman–Crippen LogP) is 2.20. The third-order valence-electron chi connectivity index (χ3n) is 5.02. The van der Waals surface area contributed by atoms with Gasteiger partial charge in [-0.25, -0.2) is 0 Å². The molecule has 20 heavy (non-hydrogen) atoms. The average molecular weight is 281 g/mol. The summed E-state index contributed by atoms with van der Waals surface area (Å²) in [5.74, 6) is 0.361. The molecule has 2 atom stereocenters. The SMILES string of the molecule is CCC1NC2(CC2)C(=O)N1C(C)CCCN(CC)CC. The molecule has 2 fully saturated rings. The summed E-state index contributed by atoms with van der Waals surface area (Å²) in [6, 6.07) is 0.357. The van der Waals surface area contributed by atoms with E-state index in [1.54, 1.807) is 0 Å². The summed E-state index contributed by atoms with van der Waals surface area (Å²) in [6.07, 6.45) is 5.62. The summed E-state index contributed by atoms with van der Waals surface area (Å²) in [4.78, 5) is 17.2.